The molecule has 0 radical (unpaired) electrons. The van der Waals surface area contributed by atoms with Crippen molar-refractivity contribution in [3.63, 3.8) is 0 Å². The van der Waals surface area contributed by atoms with Crippen molar-refractivity contribution in [3.05, 3.63) is 16.6 Å². The van der Waals surface area contributed by atoms with Crippen LogP contribution in [0, 0.1) is 0 Å². The van der Waals surface area contributed by atoms with Crippen molar-refractivity contribution >= 4 is 48.0 Å². The van der Waals surface area contributed by atoms with Crippen LogP contribution in [0.5, 0.6) is 11.5 Å². The van der Waals surface area contributed by atoms with E-state index in [9.17, 15) is 0 Å². The molecule has 23 heavy (non-hydrogen) atoms. The highest BCUT2D eigenvalue weighted by Crippen LogP contribution is 2.28. The Morgan fingerprint density at radius 3 is 1.96 bits per heavy atom. The zero-order valence-electron chi connectivity index (χ0n) is 14.5. The standard InChI is InChI=1S/C18H28BrO2.ClH.Mg/c1-3-5-7-9-13-20-16-11-12-18(17(19)15-16)21-14-10-8-6-4-2;;/h12,15H,3-10,13-14H2,1-2H3;1H;/q;;+1/p-1. The third-order valence-corrected chi connectivity index (χ3v) is 6.09. The van der Waals surface area contributed by atoms with Crippen LogP contribution in [0.15, 0.2) is 16.6 Å². The van der Waals surface area contributed by atoms with Crippen LogP contribution in [-0.4, -0.2) is 32.5 Å². The van der Waals surface area contributed by atoms with Crippen LogP contribution in [0.2, 0.25) is 0 Å². The highest BCUT2D eigenvalue weighted by molar-refractivity contribution is 9.10. The summed E-state index contributed by atoms with van der Waals surface area (Å²) in [4.78, 5) is 0. The molecule has 0 aromatic heterocycles. The van der Waals surface area contributed by atoms with E-state index in [4.69, 9.17) is 18.5 Å². The van der Waals surface area contributed by atoms with Crippen molar-refractivity contribution in [2.24, 2.45) is 0 Å². The van der Waals surface area contributed by atoms with E-state index in [0.29, 0.717) is 0 Å². The van der Waals surface area contributed by atoms with Crippen LogP contribution in [0.1, 0.15) is 65.2 Å². The quantitative estimate of drug-likeness (QED) is 0.297. The Morgan fingerprint density at radius 1 is 0.870 bits per heavy atom. The molecular weight excluding hydrogens is 388 g/mol. The first-order valence-electron chi connectivity index (χ1n) is 8.86. The molecule has 0 fully saturated rings. The van der Waals surface area contributed by atoms with Gasteiger partial charge in [0.2, 0.25) is 0 Å². The molecule has 0 aliphatic carbocycles. The minimum absolute atomic E-state index is 0.763. The molecule has 128 valence electrons. The van der Waals surface area contributed by atoms with E-state index in [1.807, 2.05) is 6.07 Å². The summed E-state index contributed by atoms with van der Waals surface area (Å²) < 4.78 is 13.9. The fourth-order valence-corrected chi connectivity index (χ4v) is 4.01. The molecule has 5 heteroatoms. The second-order valence-electron chi connectivity index (χ2n) is 5.84. The van der Waals surface area contributed by atoms with E-state index in [0.717, 1.165) is 45.7 Å². The molecule has 0 spiro atoms. The zero-order chi connectivity index (χ0) is 16.9. The fourth-order valence-electron chi connectivity index (χ4n) is 2.35. The van der Waals surface area contributed by atoms with E-state index < -0.39 is 19.3 Å². The maximum absolute atomic E-state index is 6.21. The van der Waals surface area contributed by atoms with E-state index >= 15 is 0 Å². The predicted molar refractivity (Wildman–Crippen MR) is 105 cm³/mol. The Kier molecular flexibility index (Phi) is 12.7. The van der Waals surface area contributed by atoms with Gasteiger partial charge >= 0.3 is 19.3 Å². The Balaban J connectivity index is 2.52. The number of ether oxygens (including phenoxy) is 2. The Hall–Kier alpha value is 0.356. The SMILES string of the molecule is CCCCCCOc1c[c]([Mg][Cl])c(OCCCCCC)cc1Br. The van der Waals surface area contributed by atoms with Crippen molar-refractivity contribution < 1.29 is 9.47 Å². The van der Waals surface area contributed by atoms with Crippen LogP contribution in [0.25, 0.3) is 0 Å². The first-order chi connectivity index (χ1) is 11.2. The summed E-state index contributed by atoms with van der Waals surface area (Å²) in [5.41, 5.74) is 0. The second kappa shape index (κ2) is 13.6. The second-order valence-corrected chi connectivity index (χ2v) is 8.53. The van der Waals surface area contributed by atoms with E-state index in [-0.39, 0.29) is 0 Å². The third-order valence-electron chi connectivity index (χ3n) is 3.77. The van der Waals surface area contributed by atoms with Gasteiger partial charge < -0.3 is 18.5 Å². The molecule has 1 rings (SSSR count). The van der Waals surface area contributed by atoms with Gasteiger partial charge in [0, 0.05) is 0 Å². The molecule has 0 aliphatic rings. The average molecular weight is 416 g/mol. The van der Waals surface area contributed by atoms with Crippen molar-refractivity contribution in [2.45, 2.75) is 65.2 Å². The van der Waals surface area contributed by atoms with Crippen LogP contribution in [0.4, 0.5) is 0 Å². The fraction of sp³-hybridized carbons (Fsp3) is 0.667. The summed E-state index contributed by atoms with van der Waals surface area (Å²) >= 11 is 2.79. The van der Waals surface area contributed by atoms with Crippen LogP contribution >= 0.6 is 25.0 Å². The van der Waals surface area contributed by atoms with Gasteiger partial charge in [0.15, 0.2) is 0 Å². The van der Waals surface area contributed by atoms with Crippen molar-refractivity contribution in [1.82, 2.24) is 0 Å². The first-order valence-corrected chi connectivity index (χ1v) is 12.5. The topological polar surface area (TPSA) is 18.5 Å². The molecule has 0 atom stereocenters. The molecule has 2 nitrogen and oxygen atoms in total. The molecule has 1 aromatic carbocycles. The number of unbranched alkanes of at least 4 members (excludes halogenated alkanes) is 6. The lowest BCUT2D eigenvalue weighted by atomic mass is 10.2. The van der Waals surface area contributed by atoms with Gasteiger partial charge in [-0.3, -0.25) is 0 Å². The minimum Gasteiger partial charge on any atom is -0.496 e. The predicted octanol–water partition coefficient (Wildman–Crippen LogP) is 5.85. The number of rotatable bonds is 13. The smallest absolute Gasteiger partial charge is 0.496 e. The van der Waals surface area contributed by atoms with Crippen LogP contribution < -0.4 is 13.2 Å². The van der Waals surface area contributed by atoms with Crippen molar-refractivity contribution in [1.29, 1.82) is 0 Å². The van der Waals surface area contributed by atoms with E-state index in [1.54, 1.807) is 0 Å². The van der Waals surface area contributed by atoms with Gasteiger partial charge in [-0.05, 0) is 40.9 Å². The van der Waals surface area contributed by atoms with Crippen molar-refractivity contribution in [2.75, 3.05) is 13.2 Å². The lowest BCUT2D eigenvalue weighted by Crippen LogP contribution is -2.15. The Labute approximate surface area is 163 Å². The minimum atomic E-state index is -0.809. The van der Waals surface area contributed by atoms with Gasteiger partial charge in [-0.25, -0.2) is 0 Å². The highest BCUT2D eigenvalue weighted by Gasteiger charge is 2.11. The average Bonchev–Trinajstić information content (AvgIpc) is 2.56. The van der Waals surface area contributed by atoms with Gasteiger partial charge in [-0.2, -0.15) is 0 Å². The maximum atomic E-state index is 6.21. The lowest BCUT2D eigenvalue weighted by Gasteiger charge is -2.15. The molecule has 0 heterocycles. The van der Waals surface area contributed by atoms with Gasteiger partial charge in [0.1, 0.15) is 5.75 Å². The largest absolute Gasteiger partial charge is 0.543 e. The summed E-state index contributed by atoms with van der Waals surface area (Å²) in [6.07, 6.45) is 9.69. The Bertz CT molecular complexity index is 443. The molecule has 1 aromatic rings. The van der Waals surface area contributed by atoms with Crippen molar-refractivity contribution in [3.8, 4) is 11.5 Å². The van der Waals surface area contributed by atoms with E-state index in [1.165, 1.54) is 38.5 Å². The third kappa shape index (κ3) is 8.85. The highest BCUT2D eigenvalue weighted by atomic mass is 79.9. The monoisotopic (exact) mass is 414 g/mol. The van der Waals surface area contributed by atoms with Gasteiger partial charge in [-0.15, -0.1) is 3.69 Å². The first kappa shape index (κ1) is 21.4. The number of benzene rings is 1. The maximum Gasteiger partial charge on any atom is 0.543 e. The number of hydrogen-bond donors (Lipinski definition) is 0. The number of halogens is 2. The summed E-state index contributed by atoms with van der Waals surface area (Å²) in [5, 5.41) is 0. The molecule has 0 saturated carbocycles. The molecular formula is C18H28BrClMgO2. The van der Waals surface area contributed by atoms with Gasteiger partial charge in [0.05, 0.1) is 23.4 Å². The zero-order valence-corrected chi connectivity index (χ0v) is 18.3. The molecule has 0 amide bonds. The summed E-state index contributed by atoms with van der Waals surface area (Å²) in [6.45, 7) is 5.97. The lowest BCUT2D eigenvalue weighted by molar-refractivity contribution is 0.297. The van der Waals surface area contributed by atoms with Crippen LogP contribution in [-0.2, 0) is 0 Å². The number of hydrogen-bond acceptors (Lipinski definition) is 2. The molecule has 0 unspecified atom stereocenters. The normalized spacial score (nSPS) is 10.4. The Morgan fingerprint density at radius 2 is 1.43 bits per heavy atom. The molecule has 0 N–H and O–H groups in total. The summed E-state index contributed by atoms with van der Waals surface area (Å²) in [6, 6.07) is 4.08. The molecule has 0 bridgehead atoms. The van der Waals surface area contributed by atoms with Gasteiger partial charge in [0.25, 0.3) is 0 Å². The van der Waals surface area contributed by atoms with Crippen LogP contribution in [0.3, 0.4) is 0 Å². The molecule has 0 saturated heterocycles. The summed E-state index contributed by atoms with van der Waals surface area (Å²) in [5.74, 6) is 1.82. The molecule has 0 aliphatic heterocycles. The van der Waals surface area contributed by atoms with E-state index in [2.05, 4.69) is 35.8 Å². The summed E-state index contributed by atoms with van der Waals surface area (Å²) in [7, 11) is 6.21. The van der Waals surface area contributed by atoms with Gasteiger partial charge in [-0.1, -0.05) is 52.4 Å².